The number of nitrogens with zero attached hydrogens (tertiary/aromatic N) is 3. The molecule has 13 heteroatoms. The van der Waals surface area contributed by atoms with Gasteiger partial charge in [0.05, 0.1) is 28.8 Å². The topological polar surface area (TPSA) is 76.5 Å². The van der Waals surface area contributed by atoms with Crippen molar-refractivity contribution in [3.05, 3.63) is 92.5 Å². The largest absolute Gasteiger partial charge is 0.465 e. The van der Waals surface area contributed by atoms with Crippen molar-refractivity contribution in [3.8, 4) is 0 Å². The SMILES string of the molecule is COC(=O)c1ccc2c(nc3n2C[C@H]2[C@@H]3[C@H](c3cccc(Cl)c3F)[C@@]3(Cc4ccc(Cl)cc4NC3=O)N2CC2CC2)c1C(F)(F)F. The number of alkyl halides is 3. The molecule has 1 saturated heterocycles. The van der Waals surface area contributed by atoms with E-state index in [9.17, 15) is 22.8 Å². The molecule has 1 amide bonds. The number of carbonyl (C=O) groups excluding carboxylic acids is 2. The van der Waals surface area contributed by atoms with Crippen LogP contribution in [0.4, 0.5) is 23.2 Å². The number of anilines is 1. The number of fused-ring (bicyclic) bond motifs is 6. The molecule has 4 aliphatic rings. The zero-order valence-electron chi connectivity index (χ0n) is 24.3. The maximum absolute atomic E-state index is 16.2. The van der Waals surface area contributed by atoms with E-state index in [4.69, 9.17) is 23.2 Å². The van der Waals surface area contributed by atoms with Crippen LogP contribution < -0.4 is 5.32 Å². The fourth-order valence-corrected chi connectivity index (χ4v) is 8.48. The van der Waals surface area contributed by atoms with Crippen LogP contribution in [0.15, 0.2) is 48.5 Å². The second-order valence-electron chi connectivity index (χ2n) is 12.6. The Morgan fingerprint density at radius 2 is 1.93 bits per heavy atom. The third-order valence-electron chi connectivity index (χ3n) is 10.1. The summed E-state index contributed by atoms with van der Waals surface area (Å²) in [5, 5.41) is 3.37. The van der Waals surface area contributed by atoms with E-state index in [1.165, 1.54) is 12.1 Å². The van der Waals surface area contributed by atoms with Crippen molar-refractivity contribution >= 4 is 51.8 Å². The fraction of sp³-hybridized carbons (Fsp3) is 0.364. The number of esters is 1. The molecule has 1 aliphatic carbocycles. The molecule has 1 aromatic heterocycles. The van der Waals surface area contributed by atoms with Crippen molar-refractivity contribution in [1.82, 2.24) is 14.5 Å². The second-order valence-corrected chi connectivity index (χ2v) is 13.4. The number of halogens is 6. The molecule has 3 aromatic carbocycles. The molecular weight excluding hydrogens is 647 g/mol. The highest BCUT2D eigenvalue weighted by Crippen LogP contribution is 2.61. The smallest absolute Gasteiger partial charge is 0.419 e. The average Bonchev–Trinajstić information content (AvgIpc) is 3.59. The van der Waals surface area contributed by atoms with Crippen LogP contribution in [0.25, 0.3) is 11.0 Å². The molecule has 238 valence electrons. The number of amides is 1. The van der Waals surface area contributed by atoms with Crippen molar-refractivity contribution in [2.24, 2.45) is 5.92 Å². The van der Waals surface area contributed by atoms with Crippen LogP contribution >= 0.6 is 23.2 Å². The number of likely N-dealkylation sites (tertiary alicyclic amines) is 1. The Bertz CT molecular complexity index is 1980. The van der Waals surface area contributed by atoms with Crippen molar-refractivity contribution in [2.45, 2.75) is 55.4 Å². The molecular formula is C33H26Cl2F4N4O3. The van der Waals surface area contributed by atoms with Crippen molar-refractivity contribution in [2.75, 3.05) is 19.0 Å². The Morgan fingerprint density at radius 3 is 2.65 bits per heavy atom. The Hall–Kier alpha value is -3.67. The van der Waals surface area contributed by atoms with Gasteiger partial charge in [-0.15, -0.1) is 0 Å². The summed E-state index contributed by atoms with van der Waals surface area (Å²) in [6.45, 7) is 0.776. The third-order valence-corrected chi connectivity index (χ3v) is 10.7. The minimum atomic E-state index is -4.92. The molecule has 7 nitrogen and oxygen atoms in total. The summed E-state index contributed by atoms with van der Waals surface area (Å²) >= 11 is 12.6. The fourth-order valence-electron chi connectivity index (χ4n) is 8.12. The summed E-state index contributed by atoms with van der Waals surface area (Å²) in [7, 11) is 1.02. The summed E-state index contributed by atoms with van der Waals surface area (Å²) < 4.78 is 66.3. The average molecular weight is 673 g/mol. The van der Waals surface area contributed by atoms with E-state index < -0.39 is 52.0 Å². The van der Waals surface area contributed by atoms with Gasteiger partial charge in [-0.25, -0.2) is 14.2 Å². The molecule has 4 heterocycles. The van der Waals surface area contributed by atoms with Gasteiger partial charge >= 0.3 is 12.1 Å². The van der Waals surface area contributed by atoms with E-state index in [1.54, 1.807) is 28.8 Å². The van der Waals surface area contributed by atoms with Gasteiger partial charge in [0, 0.05) is 48.1 Å². The van der Waals surface area contributed by atoms with Gasteiger partial charge < -0.3 is 14.6 Å². The second kappa shape index (κ2) is 10.2. The number of ether oxygens (including phenoxy) is 1. The van der Waals surface area contributed by atoms with E-state index >= 15 is 4.39 Å². The van der Waals surface area contributed by atoms with E-state index in [0.29, 0.717) is 29.0 Å². The first kappa shape index (κ1) is 29.7. The number of rotatable bonds is 4. The standard InChI is InChI=1S/C33H26Cl2F4N4O3/c1-46-30(44)19-9-10-22-28(26(19)33(37,38)39)41-29-24-23(14-42(22)29)43(13-15-5-6-15)32(25(24)18-3-2-4-20(35)27(18)36)12-16-7-8-17(34)11-21(16)40-31(32)45/h2-4,7-11,15,23-25H,5-6,12-14H2,1H3,(H,40,45)/t23-,24+,25-,32+/m0/s1. The van der Waals surface area contributed by atoms with E-state index in [-0.39, 0.29) is 41.0 Å². The molecule has 1 saturated carbocycles. The van der Waals surface area contributed by atoms with Crippen LogP contribution in [0.5, 0.6) is 0 Å². The van der Waals surface area contributed by atoms with Crippen molar-refractivity contribution in [3.63, 3.8) is 0 Å². The Morgan fingerprint density at radius 1 is 1.15 bits per heavy atom. The molecule has 2 fully saturated rings. The Labute approximate surface area is 270 Å². The number of hydrogen-bond acceptors (Lipinski definition) is 5. The highest BCUT2D eigenvalue weighted by atomic mass is 35.5. The maximum atomic E-state index is 16.2. The van der Waals surface area contributed by atoms with Crippen LogP contribution in [-0.2, 0) is 28.7 Å². The predicted molar refractivity (Wildman–Crippen MR) is 163 cm³/mol. The first-order valence-corrected chi connectivity index (χ1v) is 15.7. The lowest BCUT2D eigenvalue weighted by Gasteiger charge is -2.46. The number of carbonyl (C=O) groups is 2. The molecule has 4 aromatic rings. The molecule has 1 N–H and O–H groups in total. The summed E-state index contributed by atoms with van der Waals surface area (Å²) in [5.41, 5.74) is -1.77. The summed E-state index contributed by atoms with van der Waals surface area (Å²) in [5.74, 6) is -3.09. The van der Waals surface area contributed by atoms with Crippen LogP contribution in [0.1, 0.15) is 57.6 Å². The number of hydrogen-bond donors (Lipinski definition) is 1. The summed E-state index contributed by atoms with van der Waals surface area (Å²) in [6, 6.07) is 12.0. The summed E-state index contributed by atoms with van der Waals surface area (Å²) in [6.07, 6.45) is -2.73. The van der Waals surface area contributed by atoms with Crippen LogP contribution in [0.2, 0.25) is 10.0 Å². The van der Waals surface area contributed by atoms with Gasteiger partial charge in [-0.3, -0.25) is 9.69 Å². The van der Waals surface area contributed by atoms with Gasteiger partial charge in [0.1, 0.15) is 22.7 Å². The highest BCUT2D eigenvalue weighted by Gasteiger charge is 2.68. The predicted octanol–water partition coefficient (Wildman–Crippen LogP) is 7.20. The normalized spacial score (nSPS) is 25.5. The molecule has 0 radical (unpaired) electrons. The zero-order valence-corrected chi connectivity index (χ0v) is 25.8. The molecule has 8 rings (SSSR count). The zero-order chi connectivity index (χ0) is 32.3. The lowest BCUT2D eigenvalue weighted by Crippen LogP contribution is -2.61. The molecule has 1 spiro atoms. The molecule has 0 unspecified atom stereocenters. The number of methoxy groups -OCH3 is 1. The number of aromatic nitrogens is 2. The first-order chi connectivity index (χ1) is 21.9. The number of nitrogens with one attached hydrogen (secondary N) is 1. The highest BCUT2D eigenvalue weighted by molar-refractivity contribution is 6.31. The van der Waals surface area contributed by atoms with E-state index in [0.717, 1.165) is 31.6 Å². The van der Waals surface area contributed by atoms with Gasteiger partial charge in [0.15, 0.2) is 0 Å². The third kappa shape index (κ3) is 4.17. The Kier molecular flexibility index (Phi) is 6.56. The van der Waals surface area contributed by atoms with Gasteiger partial charge in [-0.05, 0) is 60.2 Å². The van der Waals surface area contributed by atoms with E-state index in [1.807, 2.05) is 6.07 Å². The van der Waals surface area contributed by atoms with Crippen LogP contribution in [0, 0.1) is 11.7 Å². The molecule has 3 aliphatic heterocycles. The van der Waals surface area contributed by atoms with Gasteiger partial charge in [0.25, 0.3) is 0 Å². The van der Waals surface area contributed by atoms with Gasteiger partial charge in [-0.1, -0.05) is 41.4 Å². The monoisotopic (exact) mass is 672 g/mol. The minimum Gasteiger partial charge on any atom is -0.465 e. The van der Waals surface area contributed by atoms with Gasteiger partial charge in [0.2, 0.25) is 5.91 Å². The maximum Gasteiger partial charge on any atom is 0.419 e. The van der Waals surface area contributed by atoms with Gasteiger partial charge in [-0.2, -0.15) is 13.2 Å². The minimum absolute atomic E-state index is 0.123. The molecule has 4 atom stereocenters. The van der Waals surface area contributed by atoms with Crippen LogP contribution in [0.3, 0.4) is 0 Å². The molecule has 46 heavy (non-hydrogen) atoms. The first-order valence-electron chi connectivity index (χ1n) is 14.9. The number of benzene rings is 3. The lowest BCUT2D eigenvalue weighted by atomic mass is 9.69. The summed E-state index contributed by atoms with van der Waals surface area (Å²) in [4.78, 5) is 33.7. The Balaban J connectivity index is 1.39. The van der Waals surface area contributed by atoms with E-state index in [2.05, 4.69) is 19.9 Å². The molecule has 0 bridgehead atoms. The van der Waals surface area contributed by atoms with Crippen molar-refractivity contribution in [1.29, 1.82) is 0 Å². The van der Waals surface area contributed by atoms with Crippen LogP contribution in [-0.4, -0.2) is 51.6 Å². The lowest BCUT2D eigenvalue weighted by molar-refractivity contribution is -0.137. The number of imidazole rings is 1. The van der Waals surface area contributed by atoms with Crippen molar-refractivity contribution < 1.29 is 31.9 Å². The quantitative estimate of drug-likeness (QED) is 0.183.